The van der Waals surface area contributed by atoms with Crippen molar-refractivity contribution in [1.29, 1.82) is 0 Å². The van der Waals surface area contributed by atoms with Crippen LogP contribution in [0.25, 0.3) is 0 Å². The molecular formula is C15H21N5O2. The lowest BCUT2D eigenvalue weighted by atomic mass is 9.94. The number of anilines is 1. The molecular weight excluding hydrogens is 282 g/mol. The van der Waals surface area contributed by atoms with Crippen LogP contribution in [0.2, 0.25) is 0 Å². The van der Waals surface area contributed by atoms with Gasteiger partial charge in [-0.25, -0.2) is 4.98 Å². The van der Waals surface area contributed by atoms with Crippen molar-refractivity contribution >= 4 is 17.6 Å². The molecule has 1 aromatic heterocycles. The Bertz CT molecular complexity index is 542. The second-order valence-electron chi connectivity index (χ2n) is 5.88. The molecule has 2 fully saturated rings. The van der Waals surface area contributed by atoms with Crippen molar-refractivity contribution < 1.29 is 9.59 Å². The first-order valence-electron chi connectivity index (χ1n) is 7.69. The smallest absolute Gasteiger partial charge is 0.226 e. The van der Waals surface area contributed by atoms with Crippen molar-refractivity contribution in [2.75, 3.05) is 44.7 Å². The quantitative estimate of drug-likeness (QED) is 0.769. The van der Waals surface area contributed by atoms with Gasteiger partial charge in [0.15, 0.2) is 0 Å². The van der Waals surface area contributed by atoms with E-state index in [2.05, 4.69) is 14.9 Å². The Labute approximate surface area is 129 Å². The molecule has 0 saturated carbocycles. The Kier molecular flexibility index (Phi) is 4.22. The summed E-state index contributed by atoms with van der Waals surface area (Å²) in [6.45, 7) is 3.54. The van der Waals surface area contributed by atoms with Crippen LogP contribution in [0.15, 0.2) is 18.6 Å². The van der Waals surface area contributed by atoms with Gasteiger partial charge in [-0.15, -0.1) is 0 Å². The molecule has 2 aliphatic rings. The van der Waals surface area contributed by atoms with E-state index in [-0.39, 0.29) is 17.7 Å². The van der Waals surface area contributed by atoms with Gasteiger partial charge < -0.3 is 14.7 Å². The predicted octanol–water partition coefficient (Wildman–Crippen LogP) is -0.00640. The fourth-order valence-electron chi connectivity index (χ4n) is 3.02. The molecule has 22 heavy (non-hydrogen) atoms. The maximum atomic E-state index is 12.6. The van der Waals surface area contributed by atoms with Crippen molar-refractivity contribution in [2.45, 2.75) is 12.8 Å². The molecule has 7 heteroatoms. The van der Waals surface area contributed by atoms with Crippen molar-refractivity contribution in [3.8, 4) is 0 Å². The number of hydrogen-bond acceptors (Lipinski definition) is 5. The van der Waals surface area contributed by atoms with E-state index in [1.54, 1.807) is 30.5 Å². The number of amides is 2. The Morgan fingerprint density at radius 1 is 1.18 bits per heavy atom. The molecule has 0 bridgehead atoms. The molecule has 1 atom stereocenters. The maximum absolute atomic E-state index is 12.6. The van der Waals surface area contributed by atoms with Gasteiger partial charge in [0.2, 0.25) is 11.8 Å². The summed E-state index contributed by atoms with van der Waals surface area (Å²) in [6.07, 6.45) is 6.19. The number of aromatic nitrogens is 2. The summed E-state index contributed by atoms with van der Waals surface area (Å²) in [5, 5.41) is 0. The van der Waals surface area contributed by atoms with E-state index < -0.39 is 0 Å². The van der Waals surface area contributed by atoms with Gasteiger partial charge in [-0.05, 0) is 6.42 Å². The summed E-state index contributed by atoms with van der Waals surface area (Å²) >= 11 is 0. The van der Waals surface area contributed by atoms with Gasteiger partial charge in [0.05, 0.1) is 6.20 Å². The topological polar surface area (TPSA) is 69.6 Å². The molecule has 0 radical (unpaired) electrons. The van der Waals surface area contributed by atoms with Crippen molar-refractivity contribution in [3.05, 3.63) is 18.6 Å². The third-order valence-electron chi connectivity index (χ3n) is 4.47. The van der Waals surface area contributed by atoms with Crippen LogP contribution < -0.4 is 4.90 Å². The molecule has 2 saturated heterocycles. The fourth-order valence-corrected chi connectivity index (χ4v) is 3.02. The Balaban J connectivity index is 1.55. The number of likely N-dealkylation sites (tertiary alicyclic amines) is 1. The molecule has 2 amide bonds. The number of piperazine rings is 1. The first-order valence-corrected chi connectivity index (χ1v) is 7.69. The zero-order valence-corrected chi connectivity index (χ0v) is 12.8. The molecule has 7 nitrogen and oxygen atoms in total. The van der Waals surface area contributed by atoms with E-state index in [1.807, 2.05) is 4.90 Å². The lowest BCUT2D eigenvalue weighted by Gasteiger charge is -2.38. The van der Waals surface area contributed by atoms with E-state index in [0.29, 0.717) is 26.1 Å². The summed E-state index contributed by atoms with van der Waals surface area (Å²) < 4.78 is 0. The third kappa shape index (κ3) is 3.03. The SMILES string of the molecule is CN1CC[C@@H](C(=O)N2CCN(c3cnccn3)CC2)CC1=O. The number of nitrogens with zero attached hydrogens (tertiary/aromatic N) is 5. The van der Waals surface area contributed by atoms with E-state index in [4.69, 9.17) is 0 Å². The number of hydrogen-bond donors (Lipinski definition) is 0. The molecule has 2 aliphatic heterocycles. The minimum absolute atomic E-state index is 0.0720. The minimum atomic E-state index is -0.147. The third-order valence-corrected chi connectivity index (χ3v) is 4.47. The van der Waals surface area contributed by atoms with Gasteiger partial charge in [0.25, 0.3) is 0 Å². The zero-order chi connectivity index (χ0) is 15.5. The van der Waals surface area contributed by atoms with Crippen LogP contribution in [0.1, 0.15) is 12.8 Å². The number of carbonyl (C=O) groups is 2. The van der Waals surface area contributed by atoms with Crippen LogP contribution in [-0.4, -0.2) is 71.4 Å². The average molecular weight is 303 g/mol. The molecule has 0 aromatic carbocycles. The fraction of sp³-hybridized carbons (Fsp3) is 0.600. The van der Waals surface area contributed by atoms with E-state index in [1.165, 1.54) is 0 Å². The Morgan fingerprint density at radius 2 is 1.95 bits per heavy atom. The van der Waals surface area contributed by atoms with Gasteiger partial charge in [-0.3, -0.25) is 14.6 Å². The van der Waals surface area contributed by atoms with Gasteiger partial charge in [0, 0.05) is 64.5 Å². The van der Waals surface area contributed by atoms with Gasteiger partial charge in [-0.2, -0.15) is 0 Å². The van der Waals surface area contributed by atoms with Gasteiger partial charge in [-0.1, -0.05) is 0 Å². The molecule has 3 rings (SSSR count). The van der Waals surface area contributed by atoms with Crippen LogP contribution in [-0.2, 0) is 9.59 Å². The number of carbonyl (C=O) groups excluding carboxylic acids is 2. The zero-order valence-electron chi connectivity index (χ0n) is 12.8. The first-order chi connectivity index (χ1) is 10.6. The highest BCUT2D eigenvalue weighted by atomic mass is 16.2. The number of rotatable bonds is 2. The van der Waals surface area contributed by atoms with Crippen molar-refractivity contribution in [3.63, 3.8) is 0 Å². The molecule has 3 heterocycles. The first kappa shape index (κ1) is 14.7. The largest absolute Gasteiger partial charge is 0.352 e. The lowest BCUT2D eigenvalue weighted by Crippen LogP contribution is -2.52. The van der Waals surface area contributed by atoms with Gasteiger partial charge in [0.1, 0.15) is 5.82 Å². The molecule has 0 aliphatic carbocycles. The normalized spacial score (nSPS) is 22.9. The second-order valence-corrected chi connectivity index (χ2v) is 5.88. The highest BCUT2D eigenvalue weighted by Crippen LogP contribution is 2.21. The summed E-state index contributed by atoms with van der Waals surface area (Å²) in [5.74, 6) is 0.902. The molecule has 1 aromatic rings. The molecule has 0 unspecified atom stereocenters. The molecule has 0 N–H and O–H groups in total. The van der Waals surface area contributed by atoms with Crippen LogP contribution in [0.4, 0.5) is 5.82 Å². The maximum Gasteiger partial charge on any atom is 0.226 e. The summed E-state index contributed by atoms with van der Waals surface area (Å²) in [4.78, 5) is 38.4. The van der Waals surface area contributed by atoms with Crippen LogP contribution in [0.3, 0.4) is 0 Å². The van der Waals surface area contributed by atoms with E-state index in [9.17, 15) is 9.59 Å². The van der Waals surface area contributed by atoms with E-state index >= 15 is 0 Å². The monoisotopic (exact) mass is 303 g/mol. The Hall–Kier alpha value is -2.18. The molecule has 0 spiro atoms. The summed E-state index contributed by atoms with van der Waals surface area (Å²) in [6, 6.07) is 0. The lowest BCUT2D eigenvalue weighted by molar-refractivity contribution is -0.144. The van der Waals surface area contributed by atoms with Gasteiger partial charge >= 0.3 is 0 Å². The van der Waals surface area contributed by atoms with Crippen LogP contribution >= 0.6 is 0 Å². The highest BCUT2D eigenvalue weighted by molar-refractivity contribution is 5.87. The van der Waals surface area contributed by atoms with Crippen molar-refractivity contribution in [1.82, 2.24) is 19.8 Å². The Morgan fingerprint density at radius 3 is 2.59 bits per heavy atom. The predicted molar refractivity (Wildman–Crippen MR) is 81.2 cm³/mol. The summed E-state index contributed by atoms with van der Waals surface area (Å²) in [7, 11) is 1.79. The van der Waals surface area contributed by atoms with Crippen LogP contribution in [0.5, 0.6) is 0 Å². The number of piperidine rings is 1. The second kappa shape index (κ2) is 6.29. The average Bonchev–Trinajstić information content (AvgIpc) is 2.58. The minimum Gasteiger partial charge on any atom is -0.352 e. The molecule has 118 valence electrons. The van der Waals surface area contributed by atoms with E-state index in [0.717, 1.165) is 25.3 Å². The van der Waals surface area contributed by atoms with Crippen LogP contribution in [0, 0.1) is 5.92 Å². The highest BCUT2D eigenvalue weighted by Gasteiger charge is 2.32. The van der Waals surface area contributed by atoms with Crippen molar-refractivity contribution in [2.24, 2.45) is 5.92 Å². The summed E-state index contributed by atoms with van der Waals surface area (Å²) in [5.41, 5.74) is 0. The standard InChI is InChI=1S/C15H21N5O2/c1-18-5-2-12(10-14(18)21)15(22)20-8-6-19(7-9-20)13-11-16-3-4-17-13/h3-4,11-12H,2,5-10H2,1H3/t12-/m1/s1.